The van der Waals surface area contributed by atoms with Gasteiger partial charge in [0, 0.05) is 0 Å². The predicted octanol–water partition coefficient (Wildman–Crippen LogP) is -4.04. The number of carbonyl (C=O) groups excluding carboxylic acids is 1. The van der Waals surface area contributed by atoms with Crippen molar-refractivity contribution in [3.63, 3.8) is 0 Å². The number of carbonyl (C=O) groups is 1. The van der Waals surface area contributed by atoms with Crippen LogP contribution in [0.4, 0.5) is 4.79 Å². The first kappa shape index (κ1) is 13.1. The molecule has 0 radical (unpaired) electrons. The number of nitrogens with two attached hydrogens (primary N) is 1. The number of primary amides is 1. The summed E-state index contributed by atoms with van der Waals surface area (Å²) in [6.07, 6.45) is -6.62. The summed E-state index contributed by atoms with van der Waals surface area (Å²) < 4.78 is 4.99. The third-order valence-corrected chi connectivity index (χ3v) is 2.23. The molecule has 1 heterocycles. The molecular weight excluding hydrogens is 222 g/mol. The third kappa shape index (κ3) is 2.78. The highest BCUT2D eigenvalue weighted by molar-refractivity contribution is 5.70. The summed E-state index contributed by atoms with van der Waals surface area (Å²) in [6.45, 7) is -0.542. The van der Waals surface area contributed by atoms with Crippen LogP contribution in [0.5, 0.6) is 0 Å². The Kier molecular flexibility index (Phi) is 4.41. The second-order valence-corrected chi connectivity index (χ2v) is 3.38. The molecule has 0 saturated carbocycles. The summed E-state index contributed by atoms with van der Waals surface area (Å²) in [5, 5.41) is 37.1. The molecule has 5 atom stereocenters. The van der Waals surface area contributed by atoms with Crippen LogP contribution >= 0.6 is 0 Å². The van der Waals surface area contributed by atoms with E-state index >= 15 is 0 Å². The summed E-state index contributed by atoms with van der Waals surface area (Å²) in [4.78, 5) is 10.4. The Bertz CT molecular complexity index is 250. The predicted molar refractivity (Wildman–Crippen MR) is 49.6 cm³/mol. The highest BCUT2D eigenvalue weighted by Crippen LogP contribution is 2.19. The quantitative estimate of drug-likeness (QED) is 0.246. The van der Waals surface area contributed by atoms with Crippen molar-refractivity contribution in [3.05, 3.63) is 0 Å². The number of hydrazine groups is 1. The van der Waals surface area contributed by atoms with Gasteiger partial charge in [-0.25, -0.2) is 10.2 Å². The second-order valence-electron chi connectivity index (χ2n) is 3.38. The molecule has 0 spiro atoms. The van der Waals surface area contributed by atoms with Gasteiger partial charge in [0.05, 0.1) is 6.61 Å². The average molecular weight is 237 g/mol. The first-order valence-corrected chi connectivity index (χ1v) is 4.59. The van der Waals surface area contributed by atoms with E-state index in [4.69, 9.17) is 15.6 Å². The lowest BCUT2D eigenvalue weighted by molar-refractivity contribution is -0.238. The Morgan fingerprint density at radius 1 is 1.25 bits per heavy atom. The Morgan fingerprint density at radius 3 is 2.38 bits per heavy atom. The number of aliphatic hydroxyl groups is 4. The molecule has 9 nitrogen and oxygen atoms in total. The van der Waals surface area contributed by atoms with E-state index in [1.807, 2.05) is 5.43 Å². The van der Waals surface area contributed by atoms with Crippen LogP contribution < -0.4 is 16.6 Å². The minimum Gasteiger partial charge on any atom is -0.394 e. The maximum Gasteiger partial charge on any atom is 0.326 e. The van der Waals surface area contributed by atoms with Crippen LogP contribution in [0.25, 0.3) is 0 Å². The highest BCUT2D eigenvalue weighted by atomic mass is 16.6. The van der Waals surface area contributed by atoms with E-state index in [0.29, 0.717) is 0 Å². The molecule has 0 unspecified atom stereocenters. The van der Waals surface area contributed by atoms with E-state index in [9.17, 15) is 20.1 Å². The lowest BCUT2D eigenvalue weighted by Crippen LogP contribution is -2.65. The van der Waals surface area contributed by atoms with Gasteiger partial charge in [0.1, 0.15) is 24.4 Å². The van der Waals surface area contributed by atoms with Crippen LogP contribution in [0.3, 0.4) is 0 Å². The molecular formula is C7H15N3O6. The first-order valence-electron chi connectivity index (χ1n) is 4.59. The molecule has 1 saturated heterocycles. The van der Waals surface area contributed by atoms with E-state index in [0.717, 1.165) is 0 Å². The van der Waals surface area contributed by atoms with E-state index in [2.05, 4.69) is 5.43 Å². The number of hydrogen-bond acceptors (Lipinski definition) is 7. The second kappa shape index (κ2) is 5.39. The summed E-state index contributed by atoms with van der Waals surface area (Å²) in [5.41, 5.74) is 8.94. The molecule has 16 heavy (non-hydrogen) atoms. The average Bonchev–Trinajstić information content (AvgIpc) is 2.25. The van der Waals surface area contributed by atoms with Crippen molar-refractivity contribution in [2.24, 2.45) is 5.73 Å². The van der Waals surface area contributed by atoms with Crippen molar-refractivity contribution in [1.29, 1.82) is 0 Å². The molecule has 0 aromatic rings. The molecule has 1 aliphatic heterocycles. The van der Waals surface area contributed by atoms with Crippen LogP contribution in [0.15, 0.2) is 0 Å². The molecule has 1 fully saturated rings. The summed E-state index contributed by atoms with van der Waals surface area (Å²) >= 11 is 0. The summed E-state index contributed by atoms with van der Waals surface area (Å²) in [6, 6.07) is -0.906. The topological polar surface area (TPSA) is 157 Å². The van der Waals surface area contributed by atoms with Gasteiger partial charge < -0.3 is 30.9 Å². The van der Waals surface area contributed by atoms with Gasteiger partial charge in [0.2, 0.25) is 0 Å². The molecule has 8 N–H and O–H groups in total. The maximum absolute atomic E-state index is 10.4. The van der Waals surface area contributed by atoms with Crippen molar-refractivity contribution >= 4 is 6.03 Å². The highest BCUT2D eigenvalue weighted by Gasteiger charge is 2.43. The number of amides is 2. The number of urea groups is 1. The van der Waals surface area contributed by atoms with Gasteiger partial charge in [0.15, 0.2) is 6.23 Å². The zero-order chi connectivity index (χ0) is 12.3. The van der Waals surface area contributed by atoms with Gasteiger partial charge in [-0.15, -0.1) is 0 Å². The zero-order valence-electron chi connectivity index (χ0n) is 8.28. The SMILES string of the molecule is NC(=O)NN[C@@H]1O[C@H](CO)[C@@H](O)[C@H](O)[C@@H]1O. The van der Waals surface area contributed by atoms with E-state index in [1.54, 1.807) is 0 Å². The molecule has 94 valence electrons. The van der Waals surface area contributed by atoms with Crippen LogP contribution in [-0.2, 0) is 4.74 Å². The fourth-order valence-electron chi connectivity index (χ4n) is 1.36. The van der Waals surface area contributed by atoms with Crippen LogP contribution in [0.2, 0.25) is 0 Å². The lowest BCUT2D eigenvalue weighted by Gasteiger charge is -2.39. The molecule has 0 bridgehead atoms. The van der Waals surface area contributed by atoms with Crippen LogP contribution in [0.1, 0.15) is 0 Å². The van der Waals surface area contributed by atoms with Crippen molar-refractivity contribution < 1.29 is 30.0 Å². The minimum atomic E-state index is -1.50. The molecule has 1 rings (SSSR count). The Hall–Kier alpha value is -0.970. The fraction of sp³-hybridized carbons (Fsp3) is 0.857. The van der Waals surface area contributed by atoms with Gasteiger partial charge in [0.25, 0.3) is 0 Å². The van der Waals surface area contributed by atoms with Gasteiger partial charge in [-0.2, -0.15) is 0 Å². The Labute approximate surface area is 90.8 Å². The fourth-order valence-corrected chi connectivity index (χ4v) is 1.36. The van der Waals surface area contributed by atoms with Crippen molar-refractivity contribution in [3.8, 4) is 0 Å². The van der Waals surface area contributed by atoms with Crippen molar-refractivity contribution in [2.45, 2.75) is 30.6 Å². The van der Waals surface area contributed by atoms with Crippen LogP contribution in [-0.4, -0.2) is 63.7 Å². The van der Waals surface area contributed by atoms with Gasteiger partial charge in [-0.05, 0) is 0 Å². The van der Waals surface area contributed by atoms with Gasteiger partial charge in [-0.3, -0.25) is 5.43 Å². The number of hydrogen-bond donors (Lipinski definition) is 7. The Morgan fingerprint density at radius 2 is 1.88 bits per heavy atom. The molecule has 0 aromatic carbocycles. The molecule has 0 aromatic heterocycles. The summed E-state index contributed by atoms with van der Waals surface area (Å²) in [5.74, 6) is 0. The normalized spacial score (nSPS) is 39.4. The first-order chi connectivity index (χ1) is 7.47. The summed E-state index contributed by atoms with van der Waals surface area (Å²) in [7, 11) is 0. The zero-order valence-corrected chi connectivity index (χ0v) is 8.28. The van der Waals surface area contributed by atoms with Crippen LogP contribution in [0, 0.1) is 0 Å². The number of rotatable bonds is 3. The van der Waals surface area contributed by atoms with E-state index < -0.39 is 43.3 Å². The van der Waals surface area contributed by atoms with Crippen molar-refractivity contribution in [2.75, 3.05) is 6.61 Å². The van der Waals surface area contributed by atoms with E-state index in [-0.39, 0.29) is 0 Å². The Balaban J connectivity index is 2.60. The van der Waals surface area contributed by atoms with Crippen molar-refractivity contribution in [1.82, 2.24) is 10.9 Å². The number of nitrogens with one attached hydrogen (secondary N) is 2. The molecule has 0 aliphatic carbocycles. The largest absolute Gasteiger partial charge is 0.394 e. The molecule has 1 aliphatic rings. The number of aliphatic hydroxyl groups excluding tert-OH is 4. The van der Waals surface area contributed by atoms with E-state index in [1.165, 1.54) is 0 Å². The standard InChI is InChI=1S/C7H15N3O6/c8-7(15)10-9-6-5(14)4(13)3(12)2(1-11)16-6/h2-6,9,11-14H,1H2,(H3,8,10,15)/t2-,3-,4+,5+,6-/m1/s1. The number of ether oxygens (including phenoxy) is 1. The minimum absolute atomic E-state index is 0.542. The maximum atomic E-state index is 10.4. The molecule has 9 heteroatoms. The molecule has 2 amide bonds. The van der Waals surface area contributed by atoms with Gasteiger partial charge in [-0.1, -0.05) is 0 Å². The van der Waals surface area contributed by atoms with Gasteiger partial charge >= 0.3 is 6.03 Å². The smallest absolute Gasteiger partial charge is 0.326 e. The monoisotopic (exact) mass is 237 g/mol. The third-order valence-electron chi connectivity index (χ3n) is 2.23. The lowest BCUT2D eigenvalue weighted by atomic mass is 9.99.